The van der Waals surface area contributed by atoms with Gasteiger partial charge in [-0.05, 0) is 87.1 Å². The molecule has 69 heavy (non-hydrogen) atoms. The molecule has 2 amide bonds. The Morgan fingerprint density at radius 1 is 0.768 bits per heavy atom. The fourth-order valence-corrected chi connectivity index (χ4v) is 9.34. The van der Waals surface area contributed by atoms with E-state index in [1.54, 1.807) is 24.5 Å². The number of nitrogens with one attached hydrogen (secondary N) is 3. The molecule has 4 aromatic heterocycles. The Hall–Kier alpha value is -5.28. The van der Waals surface area contributed by atoms with Crippen molar-refractivity contribution in [1.29, 1.82) is 10.5 Å². The fourth-order valence-electron chi connectivity index (χ4n) is 7.67. The number of pyridine rings is 2. The molecule has 0 fully saturated rings. The summed E-state index contributed by atoms with van der Waals surface area (Å²) in [6.07, 6.45) is 12.0. The van der Waals surface area contributed by atoms with Gasteiger partial charge in [0, 0.05) is 96.6 Å². The molecule has 0 spiro atoms. The number of amides is 2. The normalized spacial score (nSPS) is 13.1. The van der Waals surface area contributed by atoms with Crippen molar-refractivity contribution in [3.63, 3.8) is 0 Å². The molecule has 6 heterocycles. The van der Waals surface area contributed by atoms with Gasteiger partial charge in [-0.2, -0.15) is 10.5 Å². The van der Waals surface area contributed by atoms with E-state index in [2.05, 4.69) is 102 Å². The summed E-state index contributed by atoms with van der Waals surface area (Å²) in [5.41, 5.74) is 8.09. The number of aromatic nitrogens is 6. The Bertz CT molecular complexity index is 2830. The summed E-state index contributed by atoms with van der Waals surface area (Å²) >= 11 is 10.7. The molecule has 2 aliphatic heterocycles. The van der Waals surface area contributed by atoms with Gasteiger partial charge >= 0.3 is 29.6 Å². The fraction of sp³-hybridized carbons (Fsp3) is 0.347. The van der Waals surface area contributed by atoms with Crippen LogP contribution in [0.1, 0.15) is 113 Å². The Kier molecular flexibility index (Phi) is 21.7. The summed E-state index contributed by atoms with van der Waals surface area (Å²) in [5, 5.41) is 27.1. The van der Waals surface area contributed by atoms with E-state index in [1.165, 1.54) is 12.4 Å². The van der Waals surface area contributed by atoms with E-state index in [-0.39, 0.29) is 61.1 Å². The van der Waals surface area contributed by atoms with Crippen molar-refractivity contribution < 1.29 is 50.0 Å². The number of alkyl halides is 1. The third-order valence-corrected chi connectivity index (χ3v) is 12.9. The molecule has 8 rings (SSSR count). The minimum Gasteiger partial charge on any atom is -1.00 e. The molecule has 0 saturated carbocycles. The topological polar surface area (TPSA) is 201 Å². The van der Waals surface area contributed by atoms with E-state index >= 15 is 0 Å². The Labute approximate surface area is 452 Å². The van der Waals surface area contributed by atoms with Crippen molar-refractivity contribution in [3.05, 3.63) is 138 Å². The largest absolute Gasteiger partial charge is 1.00 e. The van der Waals surface area contributed by atoms with Crippen LogP contribution in [0.4, 0.5) is 11.9 Å². The molecule has 3 N–H and O–H groups in total. The SMILES string of the molecule is C.CCOc1cc(C(C)Br)ncc1C#N.CCOc1cc(C(C)N2CCc3c(Br)cc(Cn4ccnc4NC)cc3C2=O)ncc1C#N.CNc1nccn1Cc1cc(Br)c2c(c1)C(=O)NCC2.[H-].[Na+]. The van der Waals surface area contributed by atoms with Gasteiger partial charge in [0.2, 0.25) is 11.9 Å². The number of carbonyl (C=O) groups is 2. The molecule has 6 aromatic rings. The number of anilines is 2. The first-order valence-electron chi connectivity index (χ1n) is 21.6. The first kappa shape index (κ1) is 56.3. The van der Waals surface area contributed by atoms with Gasteiger partial charge in [0.05, 0.1) is 48.6 Å². The van der Waals surface area contributed by atoms with Gasteiger partial charge in [-0.3, -0.25) is 19.6 Å². The second-order valence-corrected chi connectivity index (χ2v) is 18.4. The monoisotopic (exact) mass is 1140 g/mol. The van der Waals surface area contributed by atoms with Gasteiger partial charge < -0.3 is 40.9 Å². The van der Waals surface area contributed by atoms with Crippen LogP contribution in [0.2, 0.25) is 0 Å². The summed E-state index contributed by atoms with van der Waals surface area (Å²) in [5.74, 6) is 2.65. The number of nitrogens with zero attached hydrogens (tertiary/aromatic N) is 9. The Morgan fingerprint density at radius 2 is 1.26 bits per heavy atom. The van der Waals surface area contributed by atoms with E-state index in [0.29, 0.717) is 73.3 Å². The minimum atomic E-state index is -0.260. The van der Waals surface area contributed by atoms with Crippen LogP contribution in [-0.2, 0) is 25.9 Å². The second kappa shape index (κ2) is 26.6. The molecule has 0 aliphatic carbocycles. The van der Waals surface area contributed by atoms with E-state index in [0.717, 1.165) is 67.2 Å². The molecule has 0 radical (unpaired) electrons. The molecule has 2 atom stereocenters. The van der Waals surface area contributed by atoms with Gasteiger partial charge in [0.15, 0.2) is 0 Å². The third kappa shape index (κ3) is 13.7. The molecule has 2 aliphatic rings. The zero-order valence-corrected chi connectivity index (χ0v) is 45.8. The smallest absolute Gasteiger partial charge is 1.00 e. The molecule has 20 heteroatoms. The van der Waals surface area contributed by atoms with Crippen molar-refractivity contribution >= 4 is 71.5 Å². The number of halogens is 3. The van der Waals surface area contributed by atoms with E-state index in [4.69, 9.17) is 14.7 Å². The van der Waals surface area contributed by atoms with Crippen molar-refractivity contribution in [2.45, 2.75) is 71.9 Å². The standard InChI is InChI=1S/C24H25BrN6O2.C14H15BrN4O.C10H11BrN2O.CH4.Na.H/c1-4-33-22-11-21(29-13-17(22)12-26)15(2)31-7-5-18-19(23(31)32)9-16(10-20(18)25)14-30-8-6-28-24(30)27-3;1-16-14-18-4-5-19(14)8-9-6-11-10(12(15)7-9)2-3-17-13(11)20;1-3-14-10-4-9(7(2)11)13-6-8(10)5-12;;;/h6,8-11,13,15H,4-5,7,14H2,1-3H3,(H,27,28);4-7H,2-3,8H2,1H3,(H,16,18)(H,17,20);4,6-7H,3H2,1-2H3;1H4;;/q;;;;+1;-1. The number of ether oxygens (including phenoxy) is 2. The maximum absolute atomic E-state index is 13.6. The number of hydrogen-bond acceptors (Lipinski definition) is 12. The first-order chi connectivity index (χ1) is 32.3. The van der Waals surface area contributed by atoms with Crippen molar-refractivity contribution in [2.24, 2.45) is 0 Å². The van der Waals surface area contributed by atoms with Gasteiger partial charge in [0.1, 0.15) is 34.8 Å². The molecular formula is C49H56Br3N12NaO4. The predicted octanol–water partition coefficient (Wildman–Crippen LogP) is 6.74. The zero-order chi connectivity index (χ0) is 48.2. The molecule has 16 nitrogen and oxygen atoms in total. The van der Waals surface area contributed by atoms with Crippen molar-refractivity contribution in [3.8, 4) is 23.6 Å². The summed E-state index contributed by atoms with van der Waals surface area (Å²) in [7, 11) is 3.67. The Morgan fingerprint density at radius 3 is 1.75 bits per heavy atom. The van der Waals surface area contributed by atoms with Gasteiger partial charge in [-0.1, -0.05) is 55.2 Å². The quantitative estimate of drug-likeness (QED) is 0.0814. The number of benzene rings is 2. The Balaban J connectivity index is 0.000000299. The van der Waals surface area contributed by atoms with Crippen LogP contribution in [0, 0.1) is 22.7 Å². The van der Waals surface area contributed by atoms with Crippen molar-refractivity contribution in [2.75, 3.05) is 51.0 Å². The van der Waals surface area contributed by atoms with Gasteiger partial charge in [0.25, 0.3) is 11.8 Å². The van der Waals surface area contributed by atoms with Crippen LogP contribution in [0.5, 0.6) is 11.5 Å². The third-order valence-electron chi connectivity index (χ3n) is 11.0. The van der Waals surface area contributed by atoms with Crippen LogP contribution >= 0.6 is 47.8 Å². The number of hydrogen-bond donors (Lipinski definition) is 3. The summed E-state index contributed by atoms with van der Waals surface area (Å²) in [6.45, 7) is 11.3. The van der Waals surface area contributed by atoms with E-state index in [1.807, 2.05) is 86.4 Å². The molecule has 2 unspecified atom stereocenters. The predicted molar refractivity (Wildman–Crippen MR) is 275 cm³/mol. The number of carbonyl (C=O) groups excluding carboxylic acids is 2. The molecule has 2 aromatic carbocycles. The van der Waals surface area contributed by atoms with Crippen LogP contribution in [-0.4, -0.2) is 86.2 Å². The van der Waals surface area contributed by atoms with Crippen LogP contribution in [0.25, 0.3) is 0 Å². The second-order valence-electron chi connectivity index (χ2n) is 15.3. The van der Waals surface area contributed by atoms with Crippen LogP contribution in [0.3, 0.4) is 0 Å². The average Bonchev–Trinajstić information content (AvgIpc) is 3.99. The maximum Gasteiger partial charge on any atom is 1.00 e. The van der Waals surface area contributed by atoms with Gasteiger partial charge in [-0.25, -0.2) is 9.97 Å². The van der Waals surface area contributed by atoms with Crippen LogP contribution in [0.15, 0.2) is 82.5 Å². The van der Waals surface area contributed by atoms with E-state index < -0.39 is 0 Å². The zero-order valence-electron chi connectivity index (χ0n) is 40.0. The van der Waals surface area contributed by atoms with Crippen molar-refractivity contribution in [1.82, 2.24) is 39.3 Å². The summed E-state index contributed by atoms with van der Waals surface area (Å²) in [4.78, 5) is 44.6. The average molecular weight is 1140 g/mol. The molecule has 0 saturated heterocycles. The van der Waals surface area contributed by atoms with E-state index in [9.17, 15) is 14.9 Å². The van der Waals surface area contributed by atoms with Crippen LogP contribution < -0.4 is 55.0 Å². The number of nitriles is 2. The minimum absolute atomic E-state index is 0. The molecule has 0 bridgehead atoms. The molecule has 358 valence electrons. The number of rotatable bonds is 13. The summed E-state index contributed by atoms with van der Waals surface area (Å²) in [6, 6.07) is 15.5. The number of imidazole rings is 2. The molecular weight excluding hydrogens is 1080 g/mol. The van der Waals surface area contributed by atoms with Gasteiger partial charge in [-0.15, -0.1) is 0 Å². The first-order valence-corrected chi connectivity index (χ1v) is 24.1. The maximum atomic E-state index is 13.6. The number of fused-ring (bicyclic) bond motifs is 2. The summed E-state index contributed by atoms with van der Waals surface area (Å²) < 4.78 is 16.9.